The molecule has 3 rings (SSSR count). The second kappa shape index (κ2) is 7.41. The topological polar surface area (TPSA) is 98.6 Å². The van der Waals surface area contributed by atoms with Gasteiger partial charge in [0.05, 0.1) is 19.2 Å². The lowest BCUT2D eigenvalue weighted by Gasteiger charge is -2.08. The number of rotatable bonds is 5. The van der Waals surface area contributed by atoms with Crippen molar-refractivity contribution in [3.05, 3.63) is 41.2 Å². The van der Waals surface area contributed by atoms with E-state index in [1.54, 1.807) is 25.6 Å². The molecule has 0 saturated carbocycles. The van der Waals surface area contributed by atoms with Crippen LogP contribution in [0, 0.1) is 11.3 Å². The maximum Gasteiger partial charge on any atom is 0.355 e. The van der Waals surface area contributed by atoms with Gasteiger partial charge in [-0.1, -0.05) is 31.2 Å². The van der Waals surface area contributed by atoms with E-state index in [4.69, 9.17) is 4.74 Å². The van der Waals surface area contributed by atoms with Crippen molar-refractivity contribution >= 4 is 5.97 Å². The van der Waals surface area contributed by atoms with E-state index in [0.29, 0.717) is 29.1 Å². The molecule has 0 aliphatic rings. The molecule has 138 valence electrons. The molecule has 0 amide bonds. The third-order valence-corrected chi connectivity index (χ3v) is 4.37. The molecule has 8 heteroatoms. The first-order valence-corrected chi connectivity index (χ1v) is 8.65. The highest BCUT2D eigenvalue weighted by Gasteiger charge is 2.26. The molecule has 1 aromatic carbocycles. The van der Waals surface area contributed by atoms with E-state index < -0.39 is 5.97 Å². The Morgan fingerprint density at radius 2 is 1.85 bits per heavy atom. The highest BCUT2D eigenvalue weighted by Crippen LogP contribution is 2.34. The number of nitriles is 1. The summed E-state index contributed by atoms with van der Waals surface area (Å²) in [7, 11) is 3.49. The molecule has 0 aliphatic carbocycles. The number of aromatic nitrogens is 5. The number of hydrogen-bond donors (Lipinski definition) is 0. The molecular formula is C19H20N6O2. The highest BCUT2D eigenvalue weighted by atomic mass is 16.5. The van der Waals surface area contributed by atoms with Gasteiger partial charge < -0.3 is 9.30 Å². The second-order valence-electron chi connectivity index (χ2n) is 5.97. The summed E-state index contributed by atoms with van der Waals surface area (Å²) in [6.45, 7) is 3.98. The van der Waals surface area contributed by atoms with Gasteiger partial charge in [-0.2, -0.15) is 10.1 Å². The first-order valence-electron chi connectivity index (χ1n) is 8.65. The molecule has 0 spiro atoms. The van der Waals surface area contributed by atoms with E-state index >= 15 is 0 Å². The molecule has 8 nitrogen and oxygen atoms in total. The first kappa shape index (κ1) is 18.3. The van der Waals surface area contributed by atoms with Gasteiger partial charge in [0.1, 0.15) is 11.8 Å². The van der Waals surface area contributed by atoms with Crippen LogP contribution in [-0.4, -0.2) is 37.4 Å². The quantitative estimate of drug-likeness (QED) is 0.645. The maximum absolute atomic E-state index is 12.6. The Bertz CT molecular complexity index is 1020. The van der Waals surface area contributed by atoms with Crippen LogP contribution in [-0.2, 0) is 25.3 Å². The number of tetrazole rings is 1. The molecule has 0 radical (unpaired) electrons. The zero-order valence-corrected chi connectivity index (χ0v) is 15.7. The molecule has 0 bridgehead atoms. The number of hydrogen-bond acceptors (Lipinski definition) is 6. The molecule has 0 fully saturated rings. The fourth-order valence-corrected chi connectivity index (χ4v) is 3.17. The molecular weight excluding hydrogens is 344 g/mol. The van der Waals surface area contributed by atoms with E-state index in [-0.39, 0.29) is 6.61 Å². The number of carbonyl (C=O) groups is 1. The molecule has 0 saturated heterocycles. The predicted molar refractivity (Wildman–Crippen MR) is 98.7 cm³/mol. The van der Waals surface area contributed by atoms with Gasteiger partial charge in [0.2, 0.25) is 5.82 Å². The van der Waals surface area contributed by atoms with Gasteiger partial charge in [0.15, 0.2) is 0 Å². The SMILES string of the molecule is CCOC(=O)c1c(-c2ccc(-c3nnn(C)n3)cc2)c(C#N)c(CC)n1C. The zero-order chi connectivity index (χ0) is 19.6. The van der Waals surface area contributed by atoms with E-state index in [1.807, 2.05) is 31.2 Å². The van der Waals surface area contributed by atoms with Crippen molar-refractivity contribution in [1.29, 1.82) is 5.26 Å². The normalized spacial score (nSPS) is 10.6. The number of aryl methyl sites for hydroxylation is 1. The lowest BCUT2D eigenvalue weighted by atomic mass is 9.99. The van der Waals surface area contributed by atoms with Crippen molar-refractivity contribution in [3.8, 4) is 28.6 Å². The number of carbonyl (C=O) groups excluding carboxylic acids is 1. The summed E-state index contributed by atoms with van der Waals surface area (Å²) >= 11 is 0. The number of benzene rings is 1. The largest absolute Gasteiger partial charge is 0.461 e. The minimum Gasteiger partial charge on any atom is -0.461 e. The average Bonchev–Trinajstić information content (AvgIpc) is 3.22. The maximum atomic E-state index is 12.6. The fourth-order valence-electron chi connectivity index (χ4n) is 3.17. The fraction of sp³-hybridized carbons (Fsp3) is 0.316. The third kappa shape index (κ3) is 3.19. The van der Waals surface area contributed by atoms with Crippen molar-refractivity contribution in [2.75, 3.05) is 6.61 Å². The van der Waals surface area contributed by atoms with Gasteiger partial charge in [-0.25, -0.2) is 4.79 Å². The Morgan fingerprint density at radius 1 is 1.19 bits per heavy atom. The minimum atomic E-state index is -0.439. The van der Waals surface area contributed by atoms with Crippen molar-refractivity contribution in [3.63, 3.8) is 0 Å². The molecule has 2 heterocycles. The van der Waals surface area contributed by atoms with Gasteiger partial charge in [-0.3, -0.25) is 0 Å². The Hall–Kier alpha value is -3.47. The second-order valence-corrected chi connectivity index (χ2v) is 5.97. The Morgan fingerprint density at radius 3 is 2.37 bits per heavy atom. The monoisotopic (exact) mass is 364 g/mol. The number of esters is 1. The predicted octanol–water partition coefficient (Wildman–Crippen LogP) is 2.49. The van der Waals surface area contributed by atoms with E-state index in [9.17, 15) is 10.1 Å². The van der Waals surface area contributed by atoms with Crippen LogP contribution in [0.2, 0.25) is 0 Å². The molecule has 0 N–H and O–H groups in total. The summed E-state index contributed by atoms with van der Waals surface area (Å²) in [6, 6.07) is 9.65. The van der Waals surface area contributed by atoms with Crippen molar-refractivity contribution in [1.82, 2.24) is 24.8 Å². The summed E-state index contributed by atoms with van der Waals surface area (Å²) in [5.74, 6) is 0.0725. The highest BCUT2D eigenvalue weighted by molar-refractivity contribution is 5.98. The smallest absolute Gasteiger partial charge is 0.355 e. The summed E-state index contributed by atoms with van der Waals surface area (Å²) < 4.78 is 6.98. The van der Waals surface area contributed by atoms with E-state index in [1.165, 1.54) is 4.80 Å². The van der Waals surface area contributed by atoms with Crippen LogP contribution in [0.25, 0.3) is 22.5 Å². The average molecular weight is 364 g/mol. The molecule has 27 heavy (non-hydrogen) atoms. The van der Waals surface area contributed by atoms with E-state index in [2.05, 4.69) is 21.5 Å². The lowest BCUT2D eigenvalue weighted by Crippen LogP contribution is -2.12. The Kier molecular flexibility index (Phi) is 5.03. The molecule has 2 aromatic heterocycles. The van der Waals surface area contributed by atoms with Crippen LogP contribution in [0.3, 0.4) is 0 Å². The van der Waals surface area contributed by atoms with Crippen LogP contribution in [0.15, 0.2) is 24.3 Å². The first-order chi connectivity index (χ1) is 13.0. The molecule has 0 unspecified atom stereocenters. The van der Waals surface area contributed by atoms with Gasteiger partial charge in [0.25, 0.3) is 0 Å². The Balaban J connectivity index is 2.15. The van der Waals surface area contributed by atoms with Crippen molar-refractivity contribution < 1.29 is 9.53 Å². The van der Waals surface area contributed by atoms with Gasteiger partial charge in [-0.15, -0.1) is 10.2 Å². The van der Waals surface area contributed by atoms with Gasteiger partial charge in [-0.05, 0) is 24.1 Å². The van der Waals surface area contributed by atoms with Crippen LogP contribution in [0.5, 0.6) is 0 Å². The summed E-state index contributed by atoms with van der Waals surface area (Å²) in [6.07, 6.45) is 0.632. The van der Waals surface area contributed by atoms with E-state index in [0.717, 1.165) is 16.8 Å². The molecule has 0 atom stereocenters. The summed E-state index contributed by atoms with van der Waals surface area (Å²) in [4.78, 5) is 14.0. The molecule has 0 aliphatic heterocycles. The Labute approximate surface area is 157 Å². The third-order valence-electron chi connectivity index (χ3n) is 4.37. The summed E-state index contributed by atoms with van der Waals surface area (Å²) in [5, 5.41) is 21.7. The summed E-state index contributed by atoms with van der Waals surface area (Å²) in [5.41, 5.74) is 3.83. The number of nitrogens with zero attached hydrogens (tertiary/aromatic N) is 6. The van der Waals surface area contributed by atoms with Crippen LogP contribution >= 0.6 is 0 Å². The van der Waals surface area contributed by atoms with Crippen molar-refractivity contribution in [2.45, 2.75) is 20.3 Å². The van der Waals surface area contributed by atoms with Crippen LogP contribution in [0.1, 0.15) is 35.6 Å². The number of ether oxygens (including phenoxy) is 1. The molecule has 3 aromatic rings. The zero-order valence-electron chi connectivity index (χ0n) is 15.7. The lowest BCUT2D eigenvalue weighted by molar-refractivity contribution is 0.0516. The van der Waals surface area contributed by atoms with Crippen molar-refractivity contribution in [2.24, 2.45) is 14.1 Å². The minimum absolute atomic E-state index is 0.268. The van der Waals surface area contributed by atoms with Gasteiger partial charge in [0, 0.05) is 23.9 Å². The van der Waals surface area contributed by atoms with Crippen LogP contribution < -0.4 is 0 Å². The van der Waals surface area contributed by atoms with Crippen LogP contribution in [0.4, 0.5) is 0 Å². The van der Waals surface area contributed by atoms with Gasteiger partial charge >= 0.3 is 5.97 Å². The standard InChI is InChI=1S/C19H20N6O2/c1-5-15-14(11-20)16(17(24(15)3)19(26)27-6-2)12-7-9-13(10-8-12)18-21-23-25(4)22-18/h7-10H,5-6H2,1-4H3.